The Morgan fingerprint density at radius 1 is 1.29 bits per heavy atom. The summed E-state index contributed by atoms with van der Waals surface area (Å²) in [6.07, 6.45) is 8.56. The molecule has 3 nitrogen and oxygen atoms in total. The van der Waals surface area contributed by atoms with E-state index in [1.807, 2.05) is 0 Å². The minimum atomic E-state index is 0.873. The highest BCUT2D eigenvalue weighted by Gasteiger charge is 2.00. The summed E-state index contributed by atoms with van der Waals surface area (Å²) in [6, 6.07) is 0. The summed E-state index contributed by atoms with van der Waals surface area (Å²) in [7, 11) is 0. The summed E-state index contributed by atoms with van der Waals surface area (Å²) in [6.45, 7) is 8.14. The number of hydrogen-bond donors (Lipinski definition) is 0. The fourth-order valence-corrected chi connectivity index (χ4v) is 1.35. The van der Waals surface area contributed by atoms with Crippen LogP contribution in [0.3, 0.4) is 0 Å². The van der Waals surface area contributed by atoms with Crippen molar-refractivity contribution >= 4 is 0 Å². The van der Waals surface area contributed by atoms with Gasteiger partial charge in [0.25, 0.3) is 0 Å². The number of imidazole rings is 1. The van der Waals surface area contributed by atoms with Crippen LogP contribution >= 0.6 is 0 Å². The van der Waals surface area contributed by atoms with E-state index in [-0.39, 0.29) is 0 Å². The van der Waals surface area contributed by atoms with Gasteiger partial charge in [-0.25, -0.2) is 9.13 Å². The molecule has 1 aromatic rings. The van der Waals surface area contributed by atoms with Crippen molar-refractivity contribution in [2.45, 2.75) is 39.8 Å². The van der Waals surface area contributed by atoms with Crippen LogP contribution in [0.4, 0.5) is 0 Å². The predicted octanol–water partition coefficient (Wildman–Crippen LogP) is 1.61. The van der Waals surface area contributed by atoms with E-state index in [1.165, 1.54) is 0 Å². The van der Waals surface area contributed by atoms with Gasteiger partial charge in [-0.15, -0.1) is 0 Å². The summed E-state index contributed by atoms with van der Waals surface area (Å²) in [5.41, 5.74) is 0. The summed E-state index contributed by atoms with van der Waals surface area (Å²) in [5.74, 6) is 0. The zero-order valence-electron chi connectivity index (χ0n) is 9.28. The Morgan fingerprint density at radius 2 is 2.14 bits per heavy atom. The number of nitrogens with zero attached hydrogens (tertiary/aromatic N) is 2. The quantitative estimate of drug-likeness (QED) is 0.480. The Kier molecular flexibility index (Phi) is 5.30. The number of rotatable bonds is 7. The molecule has 0 atom stereocenters. The van der Waals surface area contributed by atoms with Crippen LogP contribution in [0.2, 0.25) is 0 Å². The molecule has 0 radical (unpaired) electrons. The highest BCUT2D eigenvalue weighted by atomic mass is 16.5. The van der Waals surface area contributed by atoms with Crippen molar-refractivity contribution in [3.05, 3.63) is 18.7 Å². The van der Waals surface area contributed by atoms with Crippen LogP contribution in [-0.4, -0.2) is 17.8 Å². The number of aromatic nitrogens is 2. The molecule has 0 saturated heterocycles. The van der Waals surface area contributed by atoms with Gasteiger partial charge in [0.15, 0.2) is 0 Å². The third kappa shape index (κ3) is 3.92. The highest BCUT2D eigenvalue weighted by molar-refractivity contribution is 4.64. The minimum absolute atomic E-state index is 0.873. The van der Waals surface area contributed by atoms with Gasteiger partial charge in [-0.3, -0.25) is 0 Å². The van der Waals surface area contributed by atoms with E-state index in [1.54, 1.807) is 0 Å². The molecule has 0 saturated carbocycles. The normalized spacial score (nSPS) is 10.7. The second-order valence-electron chi connectivity index (χ2n) is 3.45. The summed E-state index contributed by atoms with van der Waals surface area (Å²) >= 11 is 0. The van der Waals surface area contributed by atoms with Crippen LogP contribution in [0.5, 0.6) is 0 Å². The van der Waals surface area contributed by atoms with Gasteiger partial charge < -0.3 is 4.74 Å². The zero-order valence-corrected chi connectivity index (χ0v) is 9.28. The molecule has 1 rings (SSSR count). The maximum Gasteiger partial charge on any atom is 0.243 e. The average Bonchev–Trinajstić information content (AvgIpc) is 2.65. The van der Waals surface area contributed by atoms with Crippen molar-refractivity contribution in [3.8, 4) is 0 Å². The standard InChI is InChI=1S/C11H21N2O/c1-3-9-14-10-5-6-13-8-7-12(4-2)11-13/h7-8,11H,3-6,9-10H2,1-2H3/q+1. The molecule has 80 valence electrons. The monoisotopic (exact) mass is 197 g/mol. The first-order valence-electron chi connectivity index (χ1n) is 5.49. The van der Waals surface area contributed by atoms with Gasteiger partial charge in [0.05, 0.1) is 19.7 Å². The number of ether oxygens (including phenoxy) is 1. The first kappa shape index (κ1) is 11.2. The molecular formula is C11H21N2O+. The molecule has 0 amide bonds. The van der Waals surface area contributed by atoms with Crippen molar-refractivity contribution < 1.29 is 9.30 Å². The maximum atomic E-state index is 5.42. The molecule has 1 heterocycles. The van der Waals surface area contributed by atoms with Crippen molar-refractivity contribution in [3.63, 3.8) is 0 Å². The fraction of sp³-hybridized carbons (Fsp3) is 0.727. The number of aryl methyl sites for hydroxylation is 2. The van der Waals surface area contributed by atoms with E-state index in [9.17, 15) is 0 Å². The lowest BCUT2D eigenvalue weighted by atomic mass is 10.4. The van der Waals surface area contributed by atoms with E-state index in [2.05, 4.69) is 41.7 Å². The lowest BCUT2D eigenvalue weighted by molar-refractivity contribution is -0.697. The average molecular weight is 197 g/mol. The van der Waals surface area contributed by atoms with Crippen molar-refractivity contribution in [2.24, 2.45) is 0 Å². The van der Waals surface area contributed by atoms with E-state index >= 15 is 0 Å². The van der Waals surface area contributed by atoms with Gasteiger partial charge in [0.1, 0.15) is 12.4 Å². The third-order valence-corrected chi connectivity index (χ3v) is 2.16. The number of hydrogen-bond acceptors (Lipinski definition) is 1. The Hall–Kier alpha value is -0.830. The topological polar surface area (TPSA) is 18.0 Å². The van der Waals surface area contributed by atoms with Gasteiger partial charge in [0, 0.05) is 13.0 Å². The highest BCUT2D eigenvalue weighted by Crippen LogP contribution is 1.87. The molecule has 0 bridgehead atoms. The van der Waals surface area contributed by atoms with Crippen LogP contribution < -0.4 is 4.57 Å². The lowest BCUT2D eigenvalue weighted by Crippen LogP contribution is -2.31. The maximum absolute atomic E-state index is 5.42. The van der Waals surface area contributed by atoms with Crippen molar-refractivity contribution in [1.82, 2.24) is 4.57 Å². The first-order valence-corrected chi connectivity index (χ1v) is 5.49. The van der Waals surface area contributed by atoms with Crippen LogP contribution in [0.15, 0.2) is 18.7 Å². The zero-order chi connectivity index (χ0) is 10.2. The van der Waals surface area contributed by atoms with Crippen molar-refractivity contribution in [1.29, 1.82) is 0 Å². The second-order valence-corrected chi connectivity index (χ2v) is 3.45. The smallest absolute Gasteiger partial charge is 0.243 e. The Balaban J connectivity index is 2.12. The van der Waals surface area contributed by atoms with E-state index < -0.39 is 0 Å². The molecule has 14 heavy (non-hydrogen) atoms. The van der Waals surface area contributed by atoms with E-state index in [0.29, 0.717) is 0 Å². The van der Waals surface area contributed by atoms with Crippen LogP contribution in [0.25, 0.3) is 0 Å². The Bertz CT molecular complexity index is 245. The lowest BCUT2D eigenvalue weighted by Gasteiger charge is -1.99. The SMILES string of the molecule is CCCOCCC[n+]1ccn(CC)c1. The van der Waals surface area contributed by atoms with Gasteiger partial charge >= 0.3 is 0 Å². The first-order chi connectivity index (χ1) is 6.86. The third-order valence-electron chi connectivity index (χ3n) is 2.16. The molecule has 0 aliphatic rings. The largest absolute Gasteiger partial charge is 0.381 e. The van der Waals surface area contributed by atoms with Crippen LogP contribution in [0, 0.1) is 0 Å². The van der Waals surface area contributed by atoms with Gasteiger partial charge in [-0.05, 0) is 13.3 Å². The van der Waals surface area contributed by atoms with E-state index in [0.717, 1.165) is 39.1 Å². The van der Waals surface area contributed by atoms with E-state index in [4.69, 9.17) is 4.74 Å². The minimum Gasteiger partial charge on any atom is -0.381 e. The molecule has 0 aliphatic heterocycles. The van der Waals surface area contributed by atoms with Gasteiger partial charge in [-0.2, -0.15) is 0 Å². The summed E-state index contributed by atoms with van der Waals surface area (Å²) < 4.78 is 9.80. The molecule has 0 aliphatic carbocycles. The molecule has 0 spiro atoms. The van der Waals surface area contributed by atoms with Crippen molar-refractivity contribution in [2.75, 3.05) is 13.2 Å². The van der Waals surface area contributed by atoms with Crippen LogP contribution in [-0.2, 0) is 17.8 Å². The Morgan fingerprint density at radius 3 is 2.79 bits per heavy atom. The predicted molar refractivity (Wildman–Crippen MR) is 56.0 cm³/mol. The molecule has 0 N–H and O–H groups in total. The molecule has 0 unspecified atom stereocenters. The van der Waals surface area contributed by atoms with Gasteiger partial charge in [0.2, 0.25) is 6.33 Å². The molecular weight excluding hydrogens is 176 g/mol. The summed E-state index contributed by atoms with van der Waals surface area (Å²) in [4.78, 5) is 0. The second kappa shape index (κ2) is 6.60. The molecule has 3 heteroatoms. The van der Waals surface area contributed by atoms with Crippen LogP contribution in [0.1, 0.15) is 26.7 Å². The van der Waals surface area contributed by atoms with Gasteiger partial charge in [-0.1, -0.05) is 6.92 Å². The fourth-order valence-electron chi connectivity index (χ4n) is 1.35. The molecule has 1 aromatic heterocycles. The Labute approximate surface area is 86.3 Å². The molecule has 0 aromatic carbocycles. The summed E-state index contributed by atoms with van der Waals surface area (Å²) in [5, 5.41) is 0. The molecule has 0 fully saturated rings.